The van der Waals surface area contributed by atoms with Gasteiger partial charge in [0.25, 0.3) is 0 Å². The molecule has 0 saturated heterocycles. The third kappa shape index (κ3) is 4.77. The van der Waals surface area contributed by atoms with Crippen LogP contribution in [0.15, 0.2) is 182 Å². The van der Waals surface area contributed by atoms with Crippen LogP contribution in [0, 0.1) is 0 Å². The first kappa shape index (κ1) is 31.4. The number of para-hydroxylation sites is 4. The molecule has 7 aromatic carbocycles. The number of hydrogen-bond acceptors (Lipinski definition) is 5. The molecule has 0 fully saturated rings. The SMILES string of the molecule is c1ccc(-c2nc(-c3ccccc3)nc(-n3c4ccccc4c4cc(-n5c6ccccc6c6nc7c8ccccc8n(-c8ccccc8)c7nc65)ccc43)n2)cc1. The predicted octanol–water partition coefficient (Wildman–Crippen LogP) is 11.3. The van der Waals surface area contributed by atoms with Crippen LogP contribution in [-0.2, 0) is 0 Å². The summed E-state index contributed by atoms with van der Waals surface area (Å²) < 4.78 is 6.63. The van der Waals surface area contributed by atoms with Gasteiger partial charge in [-0.05, 0) is 48.5 Å². The lowest BCUT2D eigenvalue weighted by Crippen LogP contribution is -2.06. The highest BCUT2D eigenvalue weighted by molar-refractivity contribution is 6.14. The van der Waals surface area contributed by atoms with Crippen LogP contribution in [0.4, 0.5) is 0 Å². The topological polar surface area (TPSA) is 79.2 Å². The number of benzene rings is 7. The Morgan fingerprint density at radius 2 is 0.754 bits per heavy atom. The molecule has 0 aliphatic heterocycles. The maximum Gasteiger partial charge on any atom is 0.238 e. The Morgan fingerprint density at radius 3 is 1.33 bits per heavy atom. The maximum absolute atomic E-state index is 5.51. The van der Waals surface area contributed by atoms with Crippen LogP contribution in [0.5, 0.6) is 0 Å². The fourth-order valence-electron chi connectivity index (χ4n) is 8.37. The molecule has 5 heterocycles. The highest BCUT2D eigenvalue weighted by Crippen LogP contribution is 2.38. The van der Waals surface area contributed by atoms with E-state index in [1.165, 1.54) is 0 Å². The first-order valence-electron chi connectivity index (χ1n) is 19.0. The highest BCUT2D eigenvalue weighted by Gasteiger charge is 2.23. The molecule has 0 bridgehead atoms. The molecule has 0 spiro atoms. The van der Waals surface area contributed by atoms with Crippen LogP contribution in [0.3, 0.4) is 0 Å². The minimum Gasteiger partial charge on any atom is -0.292 e. The first-order chi connectivity index (χ1) is 28.3. The summed E-state index contributed by atoms with van der Waals surface area (Å²) in [7, 11) is 0. The van der Waals surface area contributed by atoms with E-state index >= 15 is 0 Å². The van der Waals surface area contributed by atoms with Gasteiger partial charge in [-0.1, -0.05) is 133 Å². The summed E-state index contributed by atoms with van der Waals surface area (Å²) >= 11 is 0. The van der Waals surface area contributed by atoms with E-state index in [9.17, 15) is 0 Å². The van der Waals surface area contributed by atoms with Crippen LogP contribution in [-0.4, -0.2) is 38.6 Å². The van der Waals surface area contributed by atoms with Gasteiger partial charge in [-0.25, -0.2) is 15.0 Å². The van der Waals surface area contributed by atoms with Crippen molar-refractivity contribution in [2.75, 3.05) is 0 Å². The van der Waals surface area contributed by atoms with Crippen molar-refractivity contribution in [2.24, 2.45) is 0 Å². The fourth-order valence-corrected chi connectivity index (χ4v) is 8.37. The molecule has 12 aromatic rings. The molecule has 8 heteroatoms. The van der Waals surface area contributed by atoms with Gasteiger partial charge in [0, 0.05) is 44.0 Å². The molecular weight excluding hydrogens is 701 g/mol. The molecule has 8 nitrogen and oxygen atoms in total. The number of aromatic nitrogens is 8. The lowest BCUT2D eigenvalue weighted by atomic mass is 10.1. The van der Waals surface area contributed by atoms with E-state index in [4.69, 9.17) is 24.9 Å². The van der Waals surface area contributed by atoms with Crippen molar-refractivity contribution < 1.29 is 0 Å². The van der Waals surface area contributed by atoms with Gasteiger partial charge in [0.1, 0.15) is 11.0 Å². The molecule has 5 aromatic heterocycles. The summed E-state index contributed by atoms with van der Waals surface area (Å²) in [5, 5.41) is 4.29. The maximum atomic E-state index is 5.51. The lowest BCUT2D eigenvalue weighted by Gasteiger charge is -2.11. The van der Waals surface area contributed by atoms with E-state index in [-0.39, 0.29) is 0 Å². The minimum absolute atomic E-state index is 0.556. The van der Waals surface area contributed by atoms with Crippen LogP contribution in [0.25, 0.3) is 106 Å². The fraction of sp³-hybridized carbons (Fsp3) is 0. The van der Waals surface area contributed by atoms with E-state index < -0.39 is 0 Å². The standard InChI is InChI=1S/C49H30N8/c1-4-16-31(17-5-1)45-51-46(32-18-6-2-7-19-32)53-49(52-45)57-39-25-13-10-22-35(39)38-30-34(28-29-42(38)57)56-41-27-15-12-24-37(41)44-48(56)54-47-43(50-44)36-23-11-14-26-40(36)55(47)33-20-8-3-9-21-33/h1-30H. The average molecular weight is 731 g/mol. The molecule has 0 amide bonds. The Labute approximate surface area is 325 Å². The van der Waals surface area contributed by atoms with Gasteiger partial charge < -0.3 is 0 Å². The second-order valence-electron chi connectivity index (χ2n) is 14.2. The van der Waals surface area contributed by atoms with Gasteiger partial charge in [-0.15, -0.1) is 0 Å². The lowest BCUT2D eigenvalue weighted by molar-refractivity contribution is 0.953. The molecular formula is C49H30N8. The van der Waals surface area contributed by atoms with E-state index in [0.717, 1.165) is 88.4 Å². The van der Waals surface area contributed by atoms with Gasteiger partial charge in [-0.3, -0.25) is 13.7 Å². The van der Waals surface area contributed by atoms with E-state index in [1.54, 1.807) is 0 Å². The molecule has 0 atom stereocenters. The molecule has 0 saturated carbocycles. The Hall–Kier alpha value is -7.97. The van der Waals surface area contributed by atoms with Gasteiger partial charge in [0.2, 0.25) is 5.95 Å². The van der Waals surface area contributed by atoms with E-state index in [2.05, 4.69) is 129 Å². The third-order valence-electron chi connectivity index (χ3n) is 10.9. The largest absolute Gasteiger partial charge is 0.292 e. The van der Waals surface area contributed by atoms with Crippen molar-refractivity contribution in [1.82, 2.24) is 38.6 Å². The van der Waals surface area contributed by atoms with Crippen molar-refractivity contribution in [2.45, 2.75) is 0 Å². The molecule has 0 aliphatic rings. The van der Waals surface area contributed by atoms with Crippen LogP contribution < -0.4 is 0 Å². The first-order valence-corrected chi connectivity index (χ1v) is 19.0. The number of rotatable bonds is 5. The average Bonchev–Trinajstić information content (AvgIpc) is 3.91. The van der Waals surface area contributed by atoms with Crippen molar-refractivity contribution in [3.8, 4) is 40.1 Å². The molecule has 57 heavy (non-hydrogen) atoms. The summed E-state index contributed by atoms with van der Waals surface area (Å²) in [5.41, 5.74) is 11.3. The Balaban J connectivity index is 1.12. The Kier molecular flexibility index (Phi) is 6.76. The normalized spacial score (nSPS) is 11.9. The van der Waals surface area contributed by atoms with Crippen LogP contribution in [0.1, 0.15) is 0 Å². The second kappa shape index (κ2) is 12.3. The molecule has 266 valence electrons. The number of hydrogen-bond donors (Lipinski definition) is 0. The predicted molar refractivity (Wildman–Crippen MR) is 229 cm³/mol. The molecule has 0 unspecified atom stereocenters. The Morgan fingerprint density at radius 1 is 0.298 bits per heavy atom. The summed E-state index contributed by atoms with van der Waals surface area (Å²) in [4.78, 5) is 26.1. The summed E-state index contributed by atoms with van der Waals surface area (Å²) in [6.07, 6.45) is 0. The van der Waals surface area contributed by atoms with Crippen molar-refractivity contribution >= 4 is 65.9 Å². The van der Waals surface area contributed by atoms with Gasteiger partial charge in [0.15, 0.2) is 22.9 Å². The highest BCUT2D eigenvalue weighted by atomic mass is 15.2. The molecule has 0 radical (unpaired) electrons. The summed E-state index contributed by atoms with van der Waals surface area (Å²) in [6.45, 7) is 0. The van der Waals surface area contributed by atoms with Crippen molar-refractivity contribution in [1.29, 1.82) is 0 Å². The smallest absolute Gasteiger partial charge is 0.238 e. The zero-order chi connectivity index (χ0) is 37.5. The number of fused-ring (bicyclic) bond motifs is 9. The summed E-state index contributed by atoms with van der Waals surface area (Å²) in [5.74, 6) is 1.79. The van der Waals surface area contributed by atoms with Crippen molar-refractivity contribution in [3.63, 3.8) is 0 Å². The molecule has 0 N–H and O–H groups in total. The molecule has 0 aliphatic carbocycles. The van der Waals surface area contributed by atoms with Crippen LogP contribution >= 0.6 is 0 Å². The second-order valence-corrected chi connectivity index (χ2v) is 14.2. The van der Waals surface area contributed by atoms with Crippen molar-refractivity contribution in [3.05, 3.63) is 182 Å². The zero-order valence-electron chi connectivity index (χ0n) is 30.4. The van der Waals surface area contributed by atoms with Gasteiger partial charge >= 0.3 is 0 Å². The quantitative estimate of drug-likeness (QED) is 0.176. The third-order valence-corrected chi connectivity index (χ3v) is 10.9. The van der Waals surface area contributed by atoms with E-state index in [0.29, 0.717) is 17.6 Å². The Bertz CT molecular complexity index is 3450. The number of nitrogens with zero attached hydrogens (tertiary/aromatic N) is 8. The molecule has 12 rings (SSSR count). The minimum atomic E-state index is 0.556. The zero-order valence-corrected chi connectivity index (χ0v) is 30.4. The van der Waals surface area contributed by atoms with Gasteiger partial charge in [-0.2, -0.15) is 9.97 Å². The van der Waals surface area contributed by atoms with Gasteiger partial charge in [0.05, 0.1) is 22.1 Å². The summed E-state index contributed by atoms with van der Waals surface area (Å²) in [6, 6.07) is 62.5. The van der Waals surface area contributed by atoms with E-state index in [1.807, 2.05) is 66.7 Å². The monoisotopic (exact) mass is 730 g/mol. The van der Waals surface area contributed by atoms with Crippen LogP contribution in [0.2, 0.25) is 0 Å².